The topological polar surface area (TPSA) is 78.4 Å². The summed E-state index contributed by atoms with van der Waals surface area (Å²) in [4.78, 5) is 10.7. The third-order valence-electron chi connectivity index (χ3n) is 4.77. The molecule has 2 aliphatic carbocycles. The Labute approximate surface area is 125 Å². The maximum Gasteiger partial charge on any atom is 0.312 e. The van der Waals surface area contributed by atoms with Crippen LogP contribution < -0.4 is 10.5 Å². The summed E-state index contributed by atoms with van der Waals surface area (Å²) in [7, 11) is 0. The summed E-state index contributed by atoms with van der Waals surface area (Å²) in [6.45, 7) is 0. The Morgan fingerprint density at radius 3 is 2.70 bits per heavy atom. The number of ether oxygens (including phenoxy) is 1. The number of nitrogens with zero attached hydrogens (tertiary/aromatic N) is 1. The molecule has 0 saturated heterocycles. The van der Waals surface area contributed by atoms with Crippen LogP contribution in [0.25, 0.3) is 0 Å². The van der Waals surface area contributed by atoms with E-state index < -0.39 is 4.92 Å². The van der Waals surface area contributed by atoms with Crippen LogP contribution in [0.2, 0.25) is 0 Å². The Hall–Kier alpha value is -1.14. The molecule has 3 rings (SSSR count). The van der Waals surface area contributed by atoms with E-state index >= 15 is 0 Å². The average molecular weight is 341 g/mol. The SMILES string of the molecule is NC1CC(Oc2ccc(Br)cc2[N+](=O)[O-])C12CCCC2. The monoisotopic (exact) mass is 340 g/mol. The van der Waals surface area contributed by atoms with E-state index in [2.05, 4.69) is 15.9 Å². The highest BCUT2D eigenvalue weighted by atomic mass is 79.9. The molecule has 0 bridgehead atoms. The fraction of sp³-hybridized carbons (Fsp3) is 0.571. The van der Waals surface area contributed by atoms with Gasteiger partial charge in [-0.15, -0.1) is 0 Å². The summed E-state index contributed by atoms with van der Waals surface area (Å²) in [6.07, 6.45) is 5.30. The number of benzene rings is 1. The van der Waals surface area contributed by atoms with Crippen molar-refractivity contribution in [3.05, 3.63) is 32.8 Å². The number of nitro benzene ring substituents is 1. The van der Waals surface area contributed by atoms with E-state index in [0.717, 1.165) is 19.3 Å². The van der Waals surface area contributed by atoms with E-state index in [4.69, 9.17) is 10.5 Å². The second-order valence-electron chi connectivity index (χ2n) is 5.76. The first kappa shape index (κ1) is 13.8. The van der Waals surface area contributed by atoms with E-state index in [-0.39, 0.29) is 23.2 Å². The summed E-state index contributed by atoms with van der Waals surface area (Å²) >= 11 is 3.25. The molecule has 2 fully saturated rings. The van der Waals surface area contributed by atoms with Crippen molar-refractivity contribution in [1.82, 2.24) is 0 Å². The van der Waals surface area contributed by atoms with Crippen LogP contribution in [0.4, 0.5) is 5.69 Å². The van der Waals surface area contributed by atoms with Gasteiger partial charge in [-0.25, -0.2) is 0 Å². The minimum atomic E-state index is -0.403. The highest BCUT2D eigenvalue weighted by Gasteiger charge is 2.56. The van der Waals surface area contributed by atoms with Gasteiger partial charge in [0, 0.05) is 28.4 Å². The molecule has 1 aromatic carbocycles. The zero-order chi connectivity index (χ0) is 14.3. The maximum absolute atomic E-state index is 11.1. The lowest BCUT2D eigenvalue weighted by Crippen LogP contribution is -2.62. The average Bonchev–Trinajstić information content (AvgIpc) is 2.92. The van der Waals surface area contributed by atoms with Gasteiger partial charge in [-0.1, -0.05) is 28.8 Å². The molecule has 2 saturated carbocycles. The molecule has 2 aliphatic rings. The lowest BCUT2D eigenvalue weighted by molar-refractivity contribution is -0.386. The van der Waals surface area contributed by atoms with Crippen molar-refractivity contribution in [2.24, 2.45) is 11.1 Å². The fourth-order valence-corrected chi connectivity index (χ4v) is 3.90. The smallest absolute Gasteiger partial charge is 0.312 e. The highest BCUT2D eigenvalue weighted by molar-refractivity contribution is 9.10. The summed E-state index contributed by atoms with van der Waals surface area (Å²) in [6, 6.07) is 5.08. The molecule has 0 amide bonds. The Balaban J connectivity index is 1.84. The molecule has 2 N–H and O–H groups in total. The van der Waals surface area contributed by atoms with Gasteiger partial charge in [0.1, 0.15) is 6.10 Å². The zero-order valence-corrected chi connectivity index (χ0v) is 12.6. The van der Waals surface area contributed by atoms with Gasteiger partial charge >= 0.3 is 5.69 Å². The van der Waals surface area contributed by atoms with Gasteiger partial charge in [0.15, 0.2) is 5.75 Å². The van der Waals surface area contributed by atoms with Gasteiger partial charge in [0.05, 0.1) is 4.92 Å². The molecular weight excluding hydrogens is 324 g/mol. The molecule has 108 valence electrons. The largest absolute Gasteiger partial charge is 0.483 e. The van der Waals surface area contributed by atoms with Gasteiger partial charge in [0.25, 0.3) is 0 Å². The van der Waals surface area contributed by atoms with E-state index in [0.29, 0.717) is 10.2 Å². The number of hydrogen-bond donors (Lipinski definition) is 1. The highest BCUT2D eigenvalue weighted by Crippen LogP contribution is 2.54. The van der Waals surface area contributed by atoms with E-state index in [1.807, 2.05) is 0 Å². The Bertz CT molecular complexity index is 543. The number of nitrogens with two attached hydrogens (primary N) is 1. The van der Waals surface area contributed by atoms with Crippen molar-refractivity contribution in [2.45, 2.75) is 44.2 Å². The molecule has 2 unspecified atom stereocenters. The molecule has 0 aromatic heterocycles. The van der Waals surface area contributed by atoms with E-state index in [1.54, 1.807) is 12.1 Å². The number of halogens is 1. The molecule has 1 spiro atoms. The van der Waals surface area contributed by atoms with Crippen LogP contribution in [0.1, 0.15) is 32.1 Å². The van der Waals surface area contributed by atoms with Crippen LogP contribution in [0.15, 0.2) is 22.7 Å². The lowest BCUT2D eigenvalue weighted by Gasteiger charge is -2.51. The molecule has 5 nitrogen and oxygen atoms in total. The second kappa shape index (κ2) is 5.00. The van der Waals surface area contributed by atoms with Crippen LogP contribution in [-0.2, 0) is 0 Å². The Morgan fingerprint density at radius 2 is 2.10 bits per heavy atom. The quantitative estimate of drug-likeness (QED) is 0.675. The van der Waals surface area contributed by atoms with Gasteiger partial charge < -0.3 is 10.5 Å². The summed E-state index contributed by atoms with van der Waals surface area (Å²) in [5.74, 6) is 0.348. The Kier molecular flexibility index (Phi) is 3.46. The predicted octanol–water partition coefficient (Wildman–Crippen LogP) is 3.40. The van der Waals surface area contributed by atoms with Gasteiger partial charge in [0.2, 0.25) is 0 Å². The molecule has 1 aromatic rings. The van der Waals surface area contributed by atoms with Crippen LogP contribution in [-0.4, -0.2) is 17.1 Å². The van der Waals surface area contributed by atoms with Crippen LogP contribution in [0, 0.1) is 15.5 Å². The van der Waals surface area contributed by atoms with E-state index in [1.165, 1.54) is 18.9 Å². The van der Waals surface area contributed by atoms with Gasteiger partial charge in [-0.3, -0.25) is 10.1 Å². The third-order valence-corrected chi connectivity index (χ3v) is 5.26. The fourth-order valence-electron chi connectivity index (χ4n) is 3.56. The molecule has 0 heterocycles. The zero-order valence-electron chi connectivity index (χ0n) is 11.0. The lowest BCUT2D eigenvalue weighted by atomic mass is 9.61. The van der Waals surface area contributed by atoms with Crippen molar-refractivity contribution in [2.75, 3.05) is 0 Å². The number of rotatable bonds is 3. The first-order chi connectivity index (χ1) is 9.53. The van der Waals surface area contributed by atoms with Crippen LogP contribution >= 0.6 is 15.9 Å². The van der Waals surface area contributed by atoms with E-state index in [9.17, 15) is 10.1 Å². The summed E-state index contributed by atoms with van der Waals surface area (Å²) in [5, 5.41) is 11.1. The van der Waals surface area contributed by atoms with Gasteiger partial charge in [-0.2, -0.15) is 0 Å². The molecule has 0 radical (unpaired) electrons. The van der Waals surface area contributed by atoms with Crippen molar-refractivity contribution in [3.63, 3.8) is 0 Å². The van der Waals surface area contributed by atoms with Crippen LogP contribution in [0.3, 0.4) is 0 Å². The normalized spacial score (nSPS) is 27.3. The first-order valence-corrected chi connectivity index (χ1v) is 7.68. The summed E-state index contributed by atoms with van der Waals surface area (Å²) < 4.78 is 6.64. The molecule has 20 heavy (non-hydrogen) atoms. The maximum atomic E-state index is 11.1. The third kappa shape index (κ3) is 2.11. The predicted molar refractivity (Wildman–Crippen MR) is 78.7 cm³/mol. The second-order valence-corrected chi connectivity index (χ2v) is 6.67. The number of hydrogen-bond acceptors (Lipinski definition) is 4. The molecular formula is C14H17BrN2O3. The van der Waals surface area contributed by atoms with Crippen molar-refractivity contribution in [3.8, 4) is 5.75 Å². The molecule has 0 aliphatic heterocycles. The minimum Gasteiger partial charge on any atom is -0.483 e. The molecule has 2 atom stereocenters. The van der Waals surface area contributed by atoms with Gasteiger partial charge in [-0.05, 0) is 25.0 Å². The standard InChI is InChI=1S/C14H17BrN2O3/c15-9-3-4-11(10(7-9)17(18)19)20-13-8-12(16)14(13)5-1-2-6-14/h3-4,7,12-13H,1-2,5-6,8,16H2. The first-order valence-electron chi connectivity index (χ1n) is 6.89. The minimum absolute atomic E-state index is 0.00740. The van der Waals surface area contributed by atoms with Crippen molar-refractivity contribution >= 4 is 21.6 Å². The van der Waals surface area contributed by atoms with Crippen molar-refractivity contribution in [1.29, 1.82) is 0 Å². The van der Waals surface area contributed by atoms with Crippen LogP contribution in [0.5, 0.6) is 5.75 Å². The summed E-state index contributed by atoms with van der Waals surface area (Å²) in [5.41, 5.74) is 6.21. The molecule has 6 heteroatoms. The Morgan fingerprint density at radius 1 is 1.40 bits per heavy atom. The van der Waals surface area contributed by atoms with Crippen molar-refractivity contribution < 1.29 is 9.66 Å². The number of nitro groups is 1.